The number of hydrogen-bond donors (Lipinski definition) is 2. The highest BCUT2D eigenvalue weighted by Gasteiger charge is 2.46. The fourth-order valence-electron chi connectivity index (χ4n) is 4.34. The lowest BCUT2D eigenvalue weighted by Crippen LogP contribution is -2.38. The van der Waals surface area contributed by atoms with Gasteiger partial charge in [-0.25, -0.2) is 0 Å². The molecule has 1 atom stereocenters. The minimum Gasteiger partial charge on any atom is -0.507 e. The number of Topliss-reactive ketones (excluding diaryl/α,β-unsaturated/α-hetero) is 1. The predicted octanol–water partition coefficient (Wildman–Crippen LogP) is 4.34. The molecule has 2 aromatic rings. The number of carbonyl (C=O) groups is 2. The fraction of sp³-hybridized carbons (Fsp3) is 0.429. The Morgan fingerprint density at radius 1 is 1.06 bits per heavy atom. The molecule has 2 aromatic carbocycles. The predicted molar refractivity (Wildman–Crippen MR) is 138 cm³/mol. The Balaban J connectivity index is 2.10. The average molecular weight is 497 g/mol. The SMILES string of the molecule is CCOc1cc(C2/C(=C(/O)c3ccc(OC(C)C)cc3)C(=O)C(=O)N2CCN(CC)CC)ccc1O. The first-order valence-electron chi connectivity index (χ1n) is 12.4. The zero-order valence-electron chi connectivity index (χ0n) is 21.7. The van der Waals surface area contributed by atoms with E-state index in [2.05, 4.69) is 4.90 Å². The van der Waals surface area contributed by atoms with Gasteiger partial charge in [0.1, 0.15) is 11.5 Å². The number of likely N-dealkylation sites (tertiary alicyclic amines) is 1. The van der Waals surface area contributed by atoms with Crippen molar-refractivity contribution in [2.45, 2.75) is 46.8 Å². The molecule has 194 valence electrons. The lowest BCUT2D eigenvalue weighted by molar-refractivity contribution is -0.140. The van der Waals surface area contributed by atoms with Crippen molar-refractivity contribution in [3.63, 3.8) is 0 Å². The van der Waals surface area contributed by atoms with Crippen molar-refractivity contribution in [1.82, 2.24) is 9.80 Å². The van der Waals surface area contributed by atoms with Crippen LogP contribution < -0.4 is 9.47 Å². The lowest BCUT2D eigenvalue weighted by Gasteiger charge is -2.28. The van der Waals surface area contributed by atoms with Crippen molar-refractivity contribution >= 4 is 17.4 Å². The molecule has 8 nitrogen and oxygen atoms in total. The Kier molecular flexibility index (Phi) is 8.98. The first-order chi connectivity index (χ1) is 17.2. The van der Waals surface area contributed by atoms with Crippen LogP contribution in [0.15, 0.2) is 48.0 Å². The van der Waals surface area contributed by atoms with Gasteiger partial charge in [0.2, 0.25) is 0 Å². The maximum Gasteiger partial charge on any atom is 0.295 e. The first kappa shape index (κ1) is 27.1. The third kappa shape index (κ3) is 5.82. The zero-order chi connectivity index (χ0) is 26.4. The van der Waals surface area contributed by atoms with Gasteiger partial charge in [-0.15, -0.1) is 0 Å². The van der Waals surface area contributed by atoms with Gasteiger partial charge in [-0.3, -0.25) is 9.59 Å². The summed E-state index contributed by atoms with van der Waals surface area (Å²) in [6.07, 6.45) is -0.00499. The number of benzene rings is 2. The molecule has 1 saturated heterocycles. The number of ketones is 1. The van der Waals surface area contributed by atoms with Gasteiger partial charge in [0.15, 0.2) is 11.5 Å². The quantitative estimate of drug-likeness (QED) is 0.271. The second-order valence-corrected chi connectivity index (χ2v) is 8.87. The summed E-state index contributed by atoms with van der Waals surface area (Å²) >= 11 is 0. The highest BCUT2D eigenvalue weighted by molar-refractivity contribution is 6.46. The van der Waals surface area contributed by atoms with Crippen LogP contribution in [-0.2, 0) is 9.59 Å². The van der Waals surface area contributed by atoms with E-state index in [9.17, 15) is 19.8 Å². The van der Waals surface area contributed by atoms with Gasteiger partial charge in [-0.1, -0.05) is 19.9 Å². The van der Waals surface area contributed by atoms with Crippen LogP contribution in [0.5, 0.6) is 17.2 Å². The van der Waals surface area contributed by atoms with E-state index in [1.54, 1.807) is 43.3 Å². The van der Waals surface area contributed by atoms with E-state index in [0.717, 1.165) is 13.1 Å². The first-order valence-corrected chi connectivity index (χ1v) is 12.4. The molecule has 0 radical (unpaired) electrons. The molecule has 36 heavy (non-hydrogen) atoms. The van der Waals surface area contributed by atoms with E-state index >= 15 is 0 Å². The molecule has 0 aromatic heterocycles. The van der Waals surface area contributed by atoms with Crippen LogP contribution in [0.1, 0.15) is 51.8 Å². The van der Waals surface area contributed by atoms with Crippen molar-refractivity contribution in [2.24, 2.45) is 0 Å². The number of rotatable bonds is 11. The molecular weight excluding hydrogens is 460 g/mol. The monoisotopic (exact) mass is 496 g/mol. The normalized spacial score (nSPS) is 17.3. The molecule has 1 aliphatic rings. The van der Waals surface area contributed by atoms with Gasteiger partial charge in [-0.05, 0) is 75.8 Å². The third-order valence-corrected chi connectivity index (χ3v) is 6.19. The number of nitrogens with zero attached hydrogens (tertiary/aromatic N) is 2. The van der Waals surface area contributed by atoms with Gasteiger partial charge in [0.05, 0.1) is 24.3 Å². The average Bonchev–Trinajstić information content (AvgIpc) is 3.11. The highest BCUT2D eigenvalue weighted by Crippen LogP contribution is 2.41. The molecule has 2 N–H and O–H groups in total. The Morgan fingerprint density at radius 3 is 2.31 bits per heavy atom. The summed E-state index contributed by atoms with van der Waals surface area (Å²) in [5, 5.41) is 21.5. The summed E-state index contributed by atoms with van der Waals surface area (Å²) in [7, 11) is 0. The Hall–Kier alpha value is -3.52. The molecule has 1 heterocycles. The minimum atomic E-state index is -0.827. The van der Waals surface area contributed by atoms with E-state index in [-0.39, 0.29) is 28.9 Å². The van der Waals surface area contributed by atoms with Crippen LogP contribution in [0.2, 0.25) is 0 Å². The minimum absolute atomic E-state index is 0.00483. The van der Waals surface area contributed by atoms with Crippen LogP contribution in [0.3, 0.4) is 0 Å². The Morgan fingerprint density at radius 2 is 1.72 bits per heavy atom. The van der Waals surface area contributed by atoms with Crippen LogP contribution in [-0.4, -0.2) is 70.6 Å². The molecule has 8 heteroatoms. The molecule has 0 aliphatic carbocycles. The molecule has 3 rings (SSSR count). The van der Waals surface area contributed by atoms with Gasteiger partial charge in [0, 0.05) is 18.7 Å². The molecule has 1 unspecified atom stereocenters. The van der Waals surface area contributed by atoms with Crippen molar-refractivity contribution in [3.8, 4) is 17.2 Å². The van der Waals surface area contributed by atoms with Crippen LogP contribution in [0.25, 0.3) is 5.76 Å². The highest BCUT2D eigenvalue weighted by atomic mass is 16.5. The van der Waals surface area contributed by atoms with Crippen molar-refractivity contribution in [3.05, 3.63) is 59.2 Å². The number of phenolic OH excluding ortho intramolecular Hbond substituents is 1. The number of ether oxygens (including phenoxy) is 2. The van der Waals surface area contributed by atoms with Gasteiger partial charge >= 0.3 is 0 Å². The molecular formula is C28H36N2O6. The second-order valence-electron chi connectivity index (χ2n) is 8.87. The van der Waals surface area contributed by atoms with E-state index in [4.69, 9.17) is 9.47 Å². The number of phenols is 1. The molecule has 1 aliphatic heterocycles. The summed E-state index contributed by atoms with van der Waals surface area (Å²) in [6.45, 7) is 12.6. The number of hydrogen-bond acceptors (Lipinski definition) is 7. The van der Waals surface area contributed by atoms with E-state index in [1.165, 1.54) is 11.0 Å². The fourth-order valence-corrected chi connectivity index (χ4v) is 4.34. The van der Waals surface area contributed by atoms with Crippen molar-refractivity contribution in [1.29, 1.82) is 0 Å². The topological polar surface area (TPSA) is 99.5 Å². The van der Waals surface area contributed by atoms with Crippen molar-refractivity contribution < 1.29 is 29.3 Å². The lowest BCUT2D eigenvalue weighted by atomic mass is 9.95. The van der Waals surface area contributed by atoms with Gasteiger partial charge < -0.3 is 29.5 Å². The number of aliphatic hydroxyl groups excluding tert-OH is 1. The standard InChI is InChI=1S/C28H36N2O6/c1-6-29(7-2)15-16-30-25(20-11-14-22(31)23(17-20)35-8-3)24(27(33)28(30)34)26(32)19-9-12-21(13-10-19)36-18(4)5/h9-14,17-18,25,31-32H,6-8,15-16H2,1-5H3/b26-24-. The summed E-state index contributed by atoms with van der Waals surface area (Å²) < 4.78 is 11.2. The maximum absolute atomic E-state index is 13.3. The molecule has 1 amide bonds. The van der Waals surface area contributed by atoms with Gasteiger partial charge in [-0.2, -0.15) is 0 Å². The largest absolute Gasteiger partial charge is 0.507 e. The van der Waals surface area contributed by atoms with E-state index in [1.807, 2.05) is 27.7 Å². The zero-order valence-corrected chi connectivity index (χ0v) is 21.7. The molecule has 0 saturated carbocycles. The van der Waals surface area contributed by atoms with Gasteiger partial charge in [0.25, 0.3) is 11.7 Å². The number of amides is 1. The molecule has 0 bridgehead atoms. The van der Waals surface area contributed by atoms with Crippen LogP contribution in [0, 0.1) is 0 Å². The summed E-state index contributed by atoms with van der Waals surface area (Å²) in [5.74, 6) is -0.825. The van der Waals surface area contributed by atoms with Crippen molar-refractivity contribution in [2.75, 3.05) is 32.8 Å². The number of aliphatic hydroxyl groups is 1. The number of carbonyl (C=O) groups excluding carboxylic acids is 2. The Bertz CT molecular complexity index is 1110. The number of likely N-dealkylation sites (N-methyl/N-ethyl adjacent to an activating group) is 1. The van der Waals surface area contributed by atoms with E-state index < -0.39 is 17.7 Å². The summed E-state index contributed by atoms with van der Waals surface area (Å²) in [5.41, 5.74) is 0.975. The third-order valence-electron chi connectivity index (χ3n) is 6.19. The summed E-state index contributed by atoms with van der Waals surface area (Å²) in [4.78, 5) is 30.1. The number of aromatic hydroxyl groups is 1. The van der Waals surface area contributed by atoms with Crippen LogP contribution >= 0.6 is 0 Å². The molecule has 1 fully saturated rings. The van der Waals surface area contributed by atoms with E-state index in [0.29, 0.717) is 36.6 Å². The smallest absolute Gasteiger partial charge is 0.295 e. The molecule has 0 spiro atoms. The Labute approximate surface area is 212 Å². The second kappa shape index (κ2) is 11.9. The summed E-state index contributed by atoms with van der Waals surface area (Å²) in [6, 6.07) is 10.7. The maximum atomic E-state index is 13.3. The van der Waals surface area contributed by atoms with Crippen LogP contribution in [0.4, 0.5) is 0 Å².